The number of hydrogen-bond acceptors (Lipinski definition) is 3. The Morgan fingerprint density at radius 3 is 2.19 bits per heavy atom. The lowest BCUT2D eigenvalue weighted by Crippen LogP contribution is -2.47. The van der Waals surface area contributed by atoms with E-state index >= 15 is 0 Å². The van der Waals surface area contributed by atoms with Crippen molar-refractivity contribution >= 4 is 39.3 Å². The molecule has 1 heterocycles. The molecule has 0 saturated carbocycles. The monoisotopic (exact) mass is 428 g/mol. The van der Waals surface area contributed by atoms with Gasteiger partial charge in [0.1, 0.15) is 6.04 Å². The average molecular weight is 429 g/mol. The lowest BCUT2D eigenvalue weighted by atomic mass is 10.0. The molecule has 27 heavy (non-hydrogen) atoms. The average Bonchev–Trinajstić information content (AvgIpc) is 2.87. The van der Waals surface area contributed by atoms with Crippen LogP contribution in [-0.2, 0) is 4.79 Å². The molecule has 1 aliphatic heterocycles. The second-order valence-corrected chi connectivity index (χ2v) is 7.98. The molecule has 0 fully saturated rings. The number of halogens is 1. The maximum Gasteiger partial charge on any atom is 0.262 e. The number of anilines is 1. The fourth-order valence-corrected chi connectivity index (χ4v) is 3.46. The van der Waals surface area contributed by atoms with Crippen molar-refractivity contribution in [3.05, 3.63) is 63.6 Å². The van der Waals surface area contributed by atoms with E-state index in [4.69, 9.17) is 0 Å². The van der Waals surface area contributed by atoms with Gasteiger partial charge in [-0.05, 0) is 55.2 Å². The van der Waals surface area contributed by atoms with Crippen LogP contribution in [0.2, 0.25) is 0 Å². The largest absolute Gasteiger partial charge is 0.324 e. The molecule has 1 N–H and O–H groups in total. The van der Waals surface area contributed by atoms with Gasteiger partial charge in [-0.25, -0.2) is 0 Å². The Labute approximate surface area is 166 Å². The second-order valence-electron chi connectivity index (χ2n) is 7.12. The van der Waals surface area contributed by atoms with Crippen molar-refractivity contribution in [2.24, 2.45) is 5.92 Å². The Morgan fingerprint density at radius 2 is 1.67 bits per heavy atom. The molecule has 0 radical (unpaired) electrons. The first kappa shape index (κ1) is 19.3. The van der Waals surface area contributed by atoms with Crippen LogP contribution in [0, 0.1) is 12.8 Å². The molecule has 0 spiro atoms. The standard InChI is InChI=1S/C21H21BrN2O3/c1-12(2)10-18(19(25)23-14-8-9-17(22)13(3)11-14)24-20(26)15-6-4-5-7-16(15)21(24)27/h4-9,11-12,18H,10H2,1-3H3,(H,23,25)/t18-/m0/s1. The molecule has 6 heteroatoms. The van der Waals surface area contributed by atoms with Crippen LogP contribution in [-0.4, -0.2) is 28.7 Å². The molecule has 1 atom stereocenters. The van der Waals surface area contributed by atoms with E-state index in [-0.39, 0.29) is 11.8 Å². The number of imide groups is 1. The molecular formula is C21H21BrN2O3. The minimum absolute atomic E-state index is 0.136. The van der Waals surface area contributed by atoms with E-state index in [0.717, 1.165) is 14.9 Å². The first-order valence-electron chi connectivity index (χ1n) is 8.83. The molecule has 140 valence electrons. The number of carbonyl (C=O) groups is 3. The highest BCUT2D eigenvalue weighted by Crippen LogP contribution is 2.28. The van der Waals surface area contributed by atoms with Gasteiger partial charge in [0, 0.05) is 10.2 Å². The number of fused-ring (bicyclic) bond motifs is 1. The molecule has 0 unspecified atom stereocenters. The summed E-state index contributed by atoms with van der Waals surface area (Å²) in [5.41, 5.74) is 2.31. The predicted molar refractivity (Wildman–Crippen MR) is 108 cm³/mol. The highest BCUT2D eigenvalue weighted by molar-refractivity contribution is 9.10. The molecule has 0 saturated heterocycles. The number of benzene rings is 2. The van der Waals surface area contributed by atoms with E-state index in [0.29, 0.717) is 23.2 Å². The molecule has 3 amide bonds. The topological polar surface area (TPSA) is 66.5 Å². The van der Waals surface area contributed by atoms with Gasteiger partial charge in [-0.1, -0.05) is 41.9 Å². The summed E-state index contributed by atoms with van der Waals surface area (Å²) in [6, 6.07) is 11.3. The molecular weight excluding hydrogens is 408 g/mol. The highest BCUT2D eigenvalue weighted by atomic mass is 79.9. The SMILES string of the molecule is Cc1cc(NC(=O)[C@H](CC(C)C)N2C(=O)c3ccccc3C2=O)ccc1Br. The number of carbonyl (C=O) groups excluding carboxylic acids is 3. The van der Waals surface area contributed by atoms with E-state index in [1.807, 2.05) is 32.9 Å². The van der Waals surface area contributed by atoms with Gasteiger partial charge in [-0.3, -0.25) is 19.3 Å². The summed E-state index contributed by atoms with van der Waals surface area (Å²) >= 11 is 3.43. The molecule has 0 bridgehead atoms. The zero-order chi connectivity index (χ0) is 19.7. The summed E-state index contributed by atoms with van der Waals surface area (Å²) in [5.74, 6) is -1.05. The number of hydrogen-bond donors (Lipinski definition) is 1. The van der Waals surface area contributed by atoms with Crippen molar-refractivity contribution < 1.29 is 14.4 Å². The van der Waals surface area contributed by atoms with Crippen LogP contribution < -0.4 is 5.32 Å². The Kier molecular flexibility index (Phi) is 5.46. The van der Waals surface area contributed by atoms with Crippen molar-refractivity contribution in [2.45, 2.75) is 33.2 Å². The zero-order valence-electron chi connectivity index (χ0n) is 15.5. The molecule has 0 aliphatic carbocycles. The third kappa shape index (κ3) is 3.81. The molecule has 5 nitrogen and oxygen atoms in total. The fourth-order valence-electron chi connectivity index (χ4n) is 3.22. The van der Waals surface area contributed by atoms with Gasteiger partial charge in [-0.15, -0.1) is 0 Å². The van der Waals surface area contributed by atoms with Crippen molar-refractivity contribution in [3.63, 3.8) is 0 Å². The van der Waals surface area contributed by atoms with E-state index in [1.54, 1.807) is 30.3 Å². The zero-order valence-corrected chi connectivity index (χ0v) is 17.0. The van der Waals surface area contributed by atoms with E-state index < -0.39 is 17.9 Å². The lowest BCUT2D eigenvalue weighted by molar-refractivity contribution is -0.120. The molecule has 2 aromatic rings. The first-order chi connectivity index (χ1) is 12.8. The summed E-state index contributed by atoms with van der Waals surface area (Å²) in [6.45, 7) is 5.85. The summed E-state index contributed by atoms with van der Waals surface area (Å²) in [5, 5.41) is 2.85. The van der Waals surface area contributed by atoms with Gasteiger partial charge in [0.25, 0.3) is 11.8 Å². The van der Waals surface area contributed by atoms with Crippen molar-refractivity contribution in [2.75, 3.05) is 5.32 Å². The van der Waals surface area contributed by atoms with Crippen molar-refractivity contribution in [3.8, 4) is 0 Å². The minimum atomic E-state index is -0.860. The Bertz CT molecular complexity index is 888. The number of nitrogens with zero attached hydrogens (tertiary/aromatic N) is 1. The third-order valence-electron chi connectivity index (χ3n) is 4.56. The number of amides is 3. The van der Waals surface area contributed by atoms with Crippen LogP contribution in [0.4, 0.5) is 5.69 Å². The summed E-state index contributed by atoms with van der Waals surface area (Å²) in [4.78, 5) is 39.7. The normalized spacial score (nSPS) is 14.5. The van der Waals surface area contributed by atoms with Crippen LogP contribution in [0.25, 0.3) is 0 Å². The van der Waals surface area contributed by atoms with Gasteiger partial charge in [0.15, 0.2) is 0 Å². The smallest absolute Gasteiger partial charge is 0.262 e. The lowest BCUT2D eigenvalue weighted by Gasteiger charge is -2.26. The summed E-state index contributed by atoms with van der Waals surface area (Å²) in [7, 11) is 0. The Balaban J connectivity index is 1.90. The second kappa shape index (κ2) is 7.64. The van der Waals surface area contributed by atoms with Gasteiger partial charge in [0.05, 0.1) is 11.1 Å². The van der Waals surface area contributed by atoms with E-state index in [9.17, 15) is 14.4 Å². The van der Waals surface area contributed by atoms with Crippen LogP contribution >= 0.6 is 15.9 Å². The van der Waals surface area contributed by atoms with E-state index in [1.165, 1.54) is 0 Å². The van der Waals surface area contributed by atoms with Gasteiger partial charge in [0.2, 0.25) is 5.91 Å². The van der Waals surface area contributed by atoms with Crippen LogP contribution in [0.1, 0.15) is 46.5 Å². The Morgan fingerprint density at radius 1 is 1.07 bits per heavy atom. The minimum Gasteiger partial charge on any atom is -0.324 e. The summed E-state index contributed by atoms with van der Waals surface area (Å²) < 4.78 is 0.944. The van der Waals surface area contributed by atoms with Crippen molar-refractivity contribution in [1.29, 1.82) is 0 Å². The van der Waals surface area contributed by atoms with Crippen LogP contribution in [0.15, 0.2) is 46.9 Å². The maximum absolute atomic E-state index is 13.0. The van der Waals surface area contributed by atoms with Gasteiger partial charge >= 0.3 is 0 Å². The molecule has 3 rings (SSSR count). The Hall–Kier alpha value is -2.47. The maximum atomic E-state index is 13.0. The van der Waals surface area contributed by atoms with Gasteiger partial charge in [-0.2, -0.15) is 0 Å². The van der Waals surface area contributed by atoms with Crippen molar-refractivity contribution in [1.82, 2.24) is 4.90 Å². The van der Waals surface area contributed by atoms with Crippen LogP contribution in [0.3, 0.4) is 0 Å². The molecule has 2 aromatic carbocycles. The van der Waals surface area contributed by atoms with E-state index in [2.05, 4.69) is 21.2 Å². The van der Waals surface area contributed by atoms with Gasteiger partial charge < -0.3 is 5.32 Å². The quantitative estimate of drug-likeness (QED) is 0.717. The highest BCUT2D eigenvalue weighted by Gasteiger charge is 2.42. The fraction of sp³-hybridized carbons (Fsp3) is 0.286. The number of nitrogens with one attached hydrogen (secondary N) is 1. The predicted octanol–water partition coefficient (Wildman–Crippen LogP) is 4.41. The number of rotatable bonds is 5. The first-order valence-corrected chi connectivity index (χ1v) is 9.63. The molecule has 0 aromatic heterocycles. The number of aryl methyl sites for hydroxylation is 1. The molecule has 1 aliphatic rings. The third-order valence-corrected chi connectivity index (χ3v) is 5.45. The van der Waals surface area contributed by atoms with Crippen LogP contribution in [0.5, 0.6) is 0 Å². The summed E-state index contributed by atoms with van der Waals surface area (Å²) in [6.07, 6.45) is 0.396.